The first-order valence-electron chi connectivity index (χ1n) is 9.03. The summed E-state index contributed by atoms with van der Waals surface area (Å²) in [6.45, 7) is 4.38. The summed E-state index contributed by atoms with van der Waals surface area (Å²) in [7, 11) is 0. The van der Waals surface area contributed by atoms with Gasteiger partial charge in [-0.2, -0.15) is 0 Å². The third-order valence-corrected chi connectivity index (χ3v) is 5.96. The van der Waals surface area contributed by atoms with Gasteiger partial charge in [0.25, 0.3) is 0 Å². The first-order chi connectivity index (χ1) is 14.3. The highest BCUT2D eigenvalue weighted by Gasteiger charge is 2.24. The smallest absolute Gasteiger partial charge is 0.344 e. The van der Waals surface area contributed by atoms with E-state index in [0.717, 1.165) is 0 Å². The summed E-state index contributed by atoms with van der Waals surface area (Å²) in [5.41, 5.74) is 1.00. The molecular weight excluding hydrogens is 472 g/mol. The second-order valence-corrected chi connectivity index (χ2v) is 7.80. The number of aromatic nitrogens is 3. The van der Waals surface area contributed by atoms with Crippen LogP contribution >= 0.6 is 46.4 Å². The van der Waals surface area contributed by atoms with E-state index in [2.05, 4.69) is 4.98 Å². The molecule has 1 aromatic carbocycles. The average Bonchev–Trinajstić information content (AvgIpc) is 3.02. The lowest BCUT2D eigenvalue weighted by Crippen LogP contribution is -2.25. The van der Waals surface area contributed by atoms with Gasteiger partial charge >= 0.3 is 5.97 Å². The maximum Gasteiger partial charge on any atom is 0.344 e. The van der Waals surface area contributed by atoms with Crippen LogP contribution in [0.15, 0.2) is 35.4 Å². The summed E-state index contributed by atoms with van der Waals surface area (Å²) < 4.78 is 8.58. The molecule has 3 aromatic rings. The summed E-state index contributed by atoms with van der Waals surface area (Å²) in [4.78, 5) is 29.6. The highest BCUT2D eigenvalue weighted by Crippen LogP contribution is 2.31. The van der Waals surface area contributed by atoms with Crippen molar-refractivity contribution in [2.75, 3.05) is 6.61 Å². The Morgan fingerprint density at radius 1 is 1.10 bits per heavy atom. The molecule has 10 heteroatoms. The third kappa shape index (κ3) is 4.37. The minimum absolute atomic E-state index is 0.0735. The molecule has 0 bridgehead atoms. The van der Waals surface area contributed by atoms with Crippen molar-refractivity contribution in [3.05, 3.63) is 72.4 Å². The molecule has 6 nitrogen and oxygen atoms in total. The Kier molecular flexibility index (Phi) is 7.14. The number of imidazole rings is 1. The van der Waals surface area contributed by atoms with Gasteiger partial charge < -0.3 is 13.9 Å². The summed E-state index contributed by atoms with van der Waals surface area (Å²) in [5.74, 6) is -0.707. The van der Waals surface area contributed by atoms with Crippen LogP contribution in [0.5, 0.6) is 0 Å². The molecule has 158 valence electrons. The van der Waals surface area contributed by atoms with Crippen molar-refractivity contribution in [2.24, 2.45) is 0 Å². The molecule has 0 saturated carbocycles. The zero-order valence-corrected chi connectivity index (χ0v) is 19.1. The Hall–Kier alpha value is -1.99. The van der Waals surface area contributed by atoms with Crippen molar-refractivity contribution in [1.82, 2.24) is 14.1 Å². The van der Waals surface area contributed by atoms with Gasteiger partial charge in [0.2, 0.25) is 0 Å². The van der Waals surface area contributed by atoms with Crippen LogP contribution in [-0.4, -0.2) is 26.7 Å². The third-order valence-electron chi connectivity index (χ3n) is 4.45. The number of benzene rings is 1. The fraction of sp³-hybridized carbons (Fsp3) is 0.250. The average molecular weight is 489 g/mol. The molecule has 0 spiro atoms. The SMILES string of the molecule is CCOC(=O)c1c(-c2ccc(Cl)c(Cl)c2)n(CC)c(Cn2cnc(Cl)c2Cl)cc1=O. The van der Waals surface area contributed by atoms with E-state index in [-0.39, 0.29) is 29.0 Å². The number of carbonyl (C=O) groups is 1. The van der Waals surface area contributed by atoms with Crippen LogP contribution in [0.2, 0.25) is 20.4 Å². The molecule has 0 N–H and O–H groups in total. The number of rotatable bonds is 6. The van der Waals surface area contributed by atoms with E-state index < -0.39 is 11.4 Å². The van der Waals surface area contributed by atoms with E-state index >= 15 is 0 Å². The lowest BCUT2D eigenvalue weighted by molar-refractivity contribution is 0.0525. The van der Waals surface area contributed by atoms with E-state index in [4.69, 9.17) is 51.1 Å². The van der Waals surface area contributed by atoms with Crippen molar-refractivity contribution in [2.45, 2.75) is 26.9 Å². The van der Waals surface area contributed by atoms with Gasteiger partial charge in [0.15, 0.2) is 10.6 Å². The Labute approximate surface area is 192 Å². The van der Waals surface area contributed by atoms with Gasteiger partial charge in [0.1, 0.15) is 10.7 Å². The molecule has 2 aromatic heterocycles. The van der Waals surface area contributed by atoms with Gasteiger partial charge in [-0.15, -0.1) is 0 Å². The fourth-order valence-electron chi connectivity index (χ4n) is 3.16. The quantitative estimate of drug-likeness (QED) is 0.425. The van der Waals surface area contributed by atoms with Crippen molar-refractivity contribution < 1.29 is 9.53 Å². The number of nitrogens with zero attached hydrogens (tertiary/aromatic N) is 3. The maximum atomic E-state index is 13.0. The van der Waals surface area contributed by atoms with Crippen LogP contribution in [0, 0.1) is 0 Å². The molecule has 2 heterocycles. The molecule has 0 unspecified atom stereocenters. The number of esters is 1. The summed E-state index contributed by atoms with van der Waals surface area (Å²) in [6.07, 6.45) is 1.48. The van der Waals surface area contributed by atoms with Crippen LogP contribution in [-0.2, 0) is 17.8 Å². The van der Waals surface area contributed by atoms with Crippen LogP contribution in [0.25, 0.3) is 11.3 Å². The Balaban J connectivity index is 2.30. The molecule has 3 rings (SSSR count). The molecule has 30 heavy (non-hydrogen) atoms. The molecule has 0 atom stereocenters. The Morgan fingerprint density at radius 2 is 1.83 bits per heavy atom. The molecule has 0 amide bonds. The van der Waals surface area contributed by atoms with Gasteiger partial charge in [-0.25, -0.2) is 9.78 Å². The molecular formula is C20H17Cl4N3O3. The van der Waals surface area contributed by atoms with E-state index in [1.54, 1.807) is 29.7 Å². The molecule has 0 aliphatic carbocycles. The molecule has 0 aliphatic heterocycles. The number of halogens is 4. The summed E-state index contributed by atoms with van der Waals surface area (Å²) in [6, 6.07) is 6.31. The largest absolute Gasteiger partial charge is 0.462 e. The molecule has 0 fully saturated rings. The van der Waals surface area contributed by atoms with Gasteiger partial charge in [-0.05, 0) is 26.0 Å². The second kappa shape index (κ2) is 9.43. The standard InChI is InChI=1S/C20H17Cl4N3O3/c1-3-27-12(9-26-10-25-18(23)19(26)24)8-15(28)16(20(29)30-4-2)17(27)11-5-6-13(21)14(22)7-11/h5-8,10H,3-4,9H2,1-2H3. The van der Waals surface area contributed by atoms with Crippen LogP contribution in [0.1, 0.15) is 29.9 Å². The van der Waals surface area contributed by atoms with Crippen molar-refractivity contribution >= 4 is 52.4 Å². The zero-order chi connectivity index (χ0) is 22.0. The Bertz CT molecular complexity index is 1170. The van der Waals surface area contributed by atoms with Gasteiger partial charge in [0.05, 0.1) is 35.2 Å². The van der Waals surface area contributed by atoms with E-state index in [1.165, 1.54) is 12.4 Å². The molecule has 0 saturated heterocycles. The zero-order valence-electron chi connectivity index (χ0n) is 16.1. The summed E-state index contributed by atoms with van der Waals surface area (Å²) >= 11 is 24.4. The lowest BCUT2D eigenvalue weighted by Gasteiger charge is -2.21. The first-order valence-corrected chi connectivity index (χ1v) is 10.5. The number of ether oxygens (including phenoxy) is 1. The van der Waals surface area contributed by atoms with E-state index in [0.29, 0.717) is 33.5 Å². The van der Waals surface area contributed by atoms with Gasteiger partial charge in [0, 0.05) is 23.9 Å². The number of carbonyl (C=O) groups excluding carboxylic acids is 1. The minimum Gasteiger partial charge on any atom is -0.462 e. The number of hydrogen-bond acceptors (Lipinski definition) is 4. The van der Waals surface area contributed by atoms with Crippen LogP contribution in [0.3, 0.4) is 0 Å². The van der Waals surface area contributed by atoms with Gasteiger partial charge in [-0.1, -0.05) is 52.5 Å². The highest BCUT2D eigenvalue weighted by molar-refractivity contribution is 6.42. The Morgan fingerprint density at radius 3 is 2.40 bits per heavy atom. The van der Waals surface area contributed by atoms with E-state index in [9.17, 15) is 9.59 Å². The van der Waals surface area contributed by atoms with Gasteiger partial charge in [-0.3, -0.25) is 4.79 Å². The normalized spacial score (nSPS) is 11.0. The predicted molar refractivity (Wildman–Crippen MR) is 119 cm³/mol. The monoisotopic (exact) mass is 487 g/mol. The number of hydrogen-bond donors (Lipinski definition) is 0. The molecule has 0 aliphatic rings. The van der Waals surface area contributed by atoms with Crippen molar-refractivity contribution in [1.29, 1.82) is 0 Å². The lowest BCUT2D eigenvalue weighted by atomic mass is 10.0. The van der Waals surface area contributed by atoms with Crippen molar-refractivity contribution in [3.8, 4) is 11.3 Å². The minimum atomic E-state index is -0.707. The van der Waals surface area contributed by atoms with Crippen LogP contribution < -0.4 is 5.43 Å². The first kappa shape index (κ1) is 22.7. The second-order valence-electron chi connectivity index (χ2n) is 6.27. The van der Waals surface area contributed by atoms with E-state index in [1.807, 2.05) is 11.5 Å². The topological polar surface area (TPSA) is 66.1 Å². The van der Waals surface area contributed by atoms with Crippen LogP contribution in [0.4, 0.5) is 0 Å². The van der Waals surface area contributed by atoms with Crippen molar-refractivity contribution in [3.63, 3.8) is 0 Å². The fourth-order valence-corrected chi connectivity index (χ4v) is 3.76. The molecule has 0 radical (unpaired) electrons. The maximum absolute atomic E-state index is 13.0. The number of pyridine rings is 1. The highest BCUT2D eigenvalue weighted by atomic mass is 35.5. The predicted octanol–water partition coefficient (Wildman–Crippen LogP) is 5.57. The summed E-state index contributed by atoms with van der Waals surface area (Å²) in [5, 5.41) is 1.07.